The molecule has 0 unspecified atom stereocenters. The van der Waals surface area contributed by atoms with E-state index < -0.39 is 78.7 Å². The van der Waals surface area contributed by atoms with E-state index in [0.29, 0.717) is 5.69 Å². The zero-order valence-electron chi connectivity index (χ0n) is 23.6. The summed E-state index contributed by atoms with van der Waals surface area (Å²) in [6.45, 7) is 0.564. The smallest absolute Gasteiger partial charge is 0.408 e. The largest absolute Gasteiger partial charge is 0.481 e. The standard InChI is InChI=1S/C26H34N8O9S/c1-14(23(39)33-18(8-21(36)37)24(40)29-10-20(35)32-19(12-44)22(27)38)31-25(41)17(7-16-9-28-13-30-16)34-26(42)43-11-15-5-3-2-4-6-15/h2-6,9,13-14,17-19,44H,7-8,10-12H2,1H3,(H2,27,38)(H,28,30)(H,29,40)(H,31,41)(H,32,35)(H,33,39)(H,34,42)(H,36,37)/t14-,17-,18-,19-/m0/s1. The number of primary amides is 1. The van der Waals surface area contributed by atoms with Gasteiger partial charge in [0, 0.05) is 24.1 Å². The highest BCUT2D eigenvalue weighted by Crippen LogP contribution is 2.04. The maximum absolute atomic E-state index is 13.1. The molecule has 9 N–H and O–H groups in total. The van der Waals surface area contributed by atoms with Gasteiger partial charge in [-0.05, 0) is 12.5 Å². The average molecular weight is 635 g/mol. The van der Waals surface area contributed by atoms with Crippen molar-refractivity contribution in [1.29, 1.82) is 0 Å². The van der Waals surface area contributed by atoms with Crippen LogP contribution in [-0.2, 0) is 46.5 Å². The number of hydrogen-bond acceptors (Lipinski definition) is 10. The highest BCUT2D eigenvalue weighted by Gasteiger charge is 2.29. The van der Waals surface area contributed by atoms with Crippen LogP contribution in [0.3, 0.4) is 0 Å². The Morgan fingerprint density at radius 3 is 2.25 bits per heavy atom. The summed E-state index contributed by atoms with van der Waals surface area (Å²) >= 11 is 3.89. The topological polar surface area (TPSA) is 264 Å². The van der Waals surface area contributed by atoms with Crippen LogP contribution in [0.2, 0.25) is 0 Å². The minimum Gasteiger partial charge on any atom is -0.481 e. The molecule has 0 aliphatic carbocycles. The summed E-state index contributed by atoms with van der Waals surface area (Å²) in [5, 5.41) is 20.7. The van der Waals surface area contributed by atoms with Crippen molar-refractivity contribution in [2.75, 3.05) is 12.3 Å². The van der Waals surface area contributed by atoms with Crippen molar-refractivity contribution >= 4 is 54.2 Å². The fourth-order valence-electron chi connectivity index (χ4n) is 3.54. The first-order valence-electron chi connectivity index (χ1n) is 13.1. The molecule has 1 heterocycles. The van der Waals surface area contributed by atoms with E-state index in [9.17, 15) is 38.7 Å². The lowest BCUT2D eigenvalue weighted by Gasteiger charge is -2.23. The van der Waals surface area contributed by atoms with Gasteiger partial charge in [0.1, 0.15) is 30.8 Å². The van der Waals surface area contributed by atoms with Crippen LogP contribution in [0.5, 0.6) is 0 Å². The first kappa shape index (κ1) is 35.1. The summed E-state index contributed by atoms with van der Waals surface area (Å²) in [7, 11) is 0. The number of carbonyl (C=O) groups is 7. The Morgan fingerprint density at radius 1 is 0.955 bits per heavy atom. The summed E-state index contributed by atoms with van der Waals surface area (Å²) in [4.78, 5) is 92.2. The van der Waals surface area contributed by atoms with Crippen LogP contribution >= 0.6 is 12.6 Å². The number of nitrogens with two attached hydrogens (primary N) is 1. The number of amides is 6. The molecule has 2 rings (SSSR count). The number of alkyl carbamates (subject to hydrolysis) is 1. The van der Waals surface area contributed by atoms with Gasteiger partial charge in [0.15, 0.2) is 0 Å². The molecule has 6 amide bonds. The van der Waals surface area contributed by atoms with Gasteiger partial charge in [-0.2, -0.15) is 12.6 Å². The van der Waals surface area contributed by atoms with Crippen molar-refractivity contribution in [3.05, 3.63) is 54.1 Å². The summed E-state index contributed by atoms with van der Waals surface area (Å²) in [5.41, 5.74) is 6.33. The highest BCUT2D eigenvalue weighted by atomic mass is 32.1. The molecule has 0 spiro atoms. The first-order chi connectivity index (χ1) is 20.9. The number of ether oxygens (including phenoxy) is 1. The number of carboxylic acids is 1. The number of aromatic nitrogens is 2. The summed E-state index contributed by atoms with van der Waals surface area (Å²) < 4.78 is 5.18. The second-order valence-electron chi connectivity index (χ2n) is 9.35. The van der Waals surface area contributed by atoms with Gasteiger partial charge in [-0.1, -0.05) is 30.3 Å². The summed E-state index contributed by atoms with van der Waals surface area (Å²) in [5.74, 6) is -5.93. The molecule has 1 aromatic heterocycles. The van der Waals surface area contributed by atoms with Crippen LogP contribution in [-0.4, -0.2) is 93.1 Å². The van der Waals surface area contributed by atoms with Gasteiger partial charge in [-0.15, -0.1) is 0 Å². The monoisotopic (exact) mass is 634 g/mol. The first-order valence-corrected chi connectivity index (χ1v) is 13.8. The molecule has 0 radical (unpaired) electrons. The van der Waals surface area contributed by atoms with Crippen molar-refractivity contribution in [2.24, 2.45) is 5.73 Å². The number of benzene rings is 1. The Balaban J connectivity index is 2.00. The Labute approximate surface area is 256 Å². The van der Waals surface area contributed by atoms with Crippen LogP contribution in [0.25, 0.3) is 0 Å². The Kier molecular flexibility index (Phi) is 14.1. The maximum atomic E-state index is 13.1. The fourth-order valence-corrected chi connectivity index (χ4v) is 3.81. The van der Waals surface area contributed by atoms with E-state index in [4.69, 9.17) is 10.5 Å². The third kappa shape index (κ3) is 12.4. The zero-order chi connectivity index (χ0) is 32.6. The molecule has 18 heteroatoms. The van der Waals surface area contributed by atoms with E-state index in [2.05, 4.69) is 49.2 Å². The molecule has 4 atom stereocenters. The number of nitrogens with zero attached hydrogens (tertiary/aromatic N) is 1. The molecular weight excluding hydrogens is 600 g/mol. The lowest BCUT2D eigenvalue weighted by molar-refractivity contribution is -0.141. The predicted octanol–water partition coefficient (Wildman–Crippen LogP) is -2.27. The third-order valence-electron chi connectivity index (χ3n) is 5.85. The number of aliphatic carboxylic acids is 1. The lowest BCUT2D eigenvalue weighted by atomic mass is 10.1. The molecule has 238 valence electrons. The van der Waals surface area contributed by atoms with Gasteiger partial charge in [0.05, 0.1) is 19.3 Å². The van der Waals surface area contributed by atoms with Crippen LogP contribution in [0, 0.1) is 0 Å². The molecule has 0 fully saturated rings. The number of rotatable bonds is 17. The van der Waals surface area contributed by atoms with Crippen LogP contribution in [0.1, 0.15) is 24.6 Å². The van der Waals surface area contributed by atoms with Crippen molar-refractivity contribution in [1.82, 2.24) is 36.6 Å². The third-order valence-corrected chi connectivity index (χ3v) is 6.21. The number of hydrogen-bond donors (Lipinski definition) is 9. The van der Waals surface area contributed by atoms with E-state index >= 15 is 0 Å². The maximum Gasteiger partial charge on any atom is 0.408 e. The van der Waals surface area contributed by atoms with Crippen LogP contribution in [0.4, 0.5) is 4.79 Å². The Bertz CT molecular complexity index is 1310. The van der Waals surface area contributed by atoms with Gasteiger partial charge >= 0.3 is 12.1 Å². The summed E-state index contributed by atoms with van der Waals surface area (Å²) in [6, 6.07) is 3.59. The van der Waals surface area contributed by atoms with Crippen molar-refractivity contribution < 1.29 is 43.4 Å². The van der Waals surface area contributed by atoms with Crippen LogP contribution < -0.4 is 32.3 Å². The average Bonchev–Trinajstić information content (AvgIpc) is 3.50. The van der Waals surface area contributed by atoms with Gasteiger partial charge in [-0.25, -0.2) is 9.78 Å². The molecular formula is C26H34N8O9S. The van der Waals surface area contributed by atoms with Crippen molar-refractivity contribution in [2.45, 2.75) is 50.5 Å². The predicted molar refractivity (Wildman–Crippen MR) is 156 cm³/mol. The number of carboxylic acid groups (broad SMARTS) is 1. The molecule has 17 nitrogen and oxygen atoms in total. The molecule has 1 aromatic carbocycles. The number of nitrogens with one attached hydrogen (secondary N) is 6. The van der Waals surface area contributed by atoms with E-state index in [0.717, 1.165) is 5.56 Å². The van der Waals surface area contributed by atoms with E-state index in [1.54, 1.807) is 30.3 Å². The molecule has 44 heavy (non-hydrogen) atoms. The van der Waals surface area contributed by atoms with Gasteiger partial charge < -0.3 is 47.1 Å². The SMILES string of the molecule is C[C@H](NC(=O)[C@H](Cc1cnc[nH]1)NC(=O)OCc1ccccc1)C(=O)N[C@@H](CC(=O)O)C(=O)NCC(=O)N[C@@H](CS)C(N)=O. The second-order valence-corrected chi connectivity index (χ2v) is 9.72. The number of carbonyl (C=O) groups excluding carboxylic acids is 6. The number of aromatic amines is 1. The van der Waals surface area contributed by atoms with E-state index in [-0.39, 0.29) is 18.8 Å². The van der Waals surface area contributed by atoms with Gasteiger partial charge in [0.25, 0.3) is 0 Å². The Hall–Kier alpha value is -5.13. The van der Waals surface area contributed by atoms with Crippen molar-refractivity contribution in [3.63, 3.8) is 0 Å². The minimum atomic E-state index is -1.63. The molecule has 0 aliphatic heterocycles. The lowest BCUT2D eigenvalue weighted by Crippen LogP contribution is -2.57. The van der Waals surface area contributed by atoms with Gasteiger partial charge in [-0.3, -0.25) is 28.8 Å². The molecule has 0 aliphatic rings. The number of thiol groups is 1. The minimum absolute atomic E-state index is 0.0451. The quantitative estimate of drug-likeness (QED) is 0.0842. The normalized spacial score (nSPS) is 13.2. The van der Waals surface area contributed by atoms with Crippen molar-refractivity contribution in [3.8, 4) is 0 Å². The number of H-pyrrole nitrogens is 1. The zero-order valence-corrected chi connectivity index (χ0v) is 24.5. The van der Waals surface area contributed by atoms with Gasteiger partial charge in [0.2, 0.25) is 29.5 Å². The molecule has 0 saturated carbocycles. The molecule has 2 aromatic rings. The summed E-state index contributed by atoms with van der Waals surface area (Å²) in [6.07, 6.45) is 1.02. The fraction of sp³-hybridized carbons (Fsp3) is 0.385. The Morgan fingerprint density at radius 2 is 1.66 bits per heavy atom. The highest BCUT2D eigenvalue weighted by molar-refractivity contribution is 7.80. The molecule has 0 bridgehead atoms. The van der Waals surface area contributed by atoms with E-state index in [1.165, 1.54) is 19.4 Å². The van der Waals surface area contributed by atoms with E-state index in [1.807, 2.05) is 0 Å². The second kappa shape index (κ2) is 17.7. The van der Waals surface area contributed by atoms with Crippen LogP contribution in [0.15, 0.2) is 42.9 Å². The molecule has 0 saturated heterocycles. The number of imidazole rings is 1.